The molecule has 0 aliphatic rings. The first kappa shape index (κ1) is 19.3. The maximum absolute atomic E-state index is 12.4. The molecular weight excluding hydrogens is 408 g/mol. The number of anilines is 1. The van der Waals surface area contributed by atoms with Crippen LogP contribution in [0.2, 0.25) is 5.02 Å². The molecule has 7 nitrogen and oxygen atoms in total. The highest BCUT2D eigenvalue weighted by Gasteiger charge is 2.15. The minimum atomic E-state index is -3.71. The van der Waals surface area contributed by atoms with E-state index in [4.69, 9.17) is 16.9 Å². The van der Waals surface area contributed by atoms with Gasteiger partial charge in [0.1, 0.15) is 0 Å². The molecule has 27 heavy (non-hydrogen) atoms. The topological polar surface area (TPSA) is 112 Å². The molecule has 2 N–H and O–H groups in total. The standard InChI is InChI=1S/C17H13ClN4O3S2/c18-12-4-7-14-15(10-12)26-17(21-14)22-16(23)11-2-5-13(6-3-11)27(24,25)20-9-1-8-19/h2-7,10,20H,1,9H2,(H,21,22,23). The van der Waals surface area contributed by atoms with Gasteiger partial charge in [-0.1, -0.05) is 22.9 Å². The summed E-state index contributed by atoms with van der Waals surface area (Å²) in [7, 11) is -3.71. The second-order valence-corrected chi connectivity index (χ2v) is 8.65. The van der Waals surface area contributed by atoms with Crippen molar-refractivity contribution >= 4 is 54.2 Å². The van der Waals surface area contributed by atoms with E-state index in [2.05, 4.69) is 15.0 Å². The van der Waals surface area contributed by atoms with E-state index in [0.717, 1.165) is 10.2 Å². The lowest BCUT2D eigenvalue weighted by atomic mass is 10.2. The Hall–Kier alpha value is -2.51. The quantitative estimate of drug-likeness (QED) is 0.593. The van der Waals surface area contributed by atoms with Gasteiger partial charge in [0.25, 0.3) is 5.91 Å². The monoisotopic (exact) mass is 420 g/mol. The molecule has 0 saturated carbocycles. The van der Waals surface area contributed by atoms with Gasteiger partial charge in [-0.05, 0) is 42.5 Å². The lowest BCUT2D eigenvalue weighted by Crippen LogP contribution is -2.24. The van der Waals surface area contributed by atoms with Crippen molar-refractivity contribution in [2.45, 2.75) is 11.3 Å². The van der Waals surface area contributed by atoms with Crippen molar-refractivity contribution in [3.63, 3.8) is 0 Å². The zero-order valence-corrected chi connectivity index (χ0v) is 16.2. The lowest BCUT2D eigenvalue weighted by Gasteiger charge is -2.06. The molecule has 10 heteroatoms. The summed E-state index contributed by atoms with van der Waals surface area (Å²) in [6.45, 7) is 0.0305. The molecule has 0 aliphatic carbocycles. The molecule has 3 rings (SSSR count). The van der Waals surface area contributed by atoms with Gasteiger partial charge in [-0.3, -0.25) is 10.1 Å². The number of rotatable bonds is 6. The largest absolute Gasteiger partial charge is 0.298 e. The number of sulfonamides is 1. The summed E-state index contributed by atoms with van der Waals surface area (Å²) in [4.78, 5) is 16.7. The Morgan fingerprint density at radius 3 is 2.67 bits per heavy atom. The molecule has 0 saturated heterocycles. The number of carbonyl (C=O) groups is 1. The Morgan fingerprint density at radius 1 is 1.22 bits per heavy atom. The Bertz CT molecular complexity index is 1140. The minimum absolute atomic E-state index is 0.0200. The van der Waals surface area contributed by atoms with Gasteiger partial charge in [0.2, 0.25) is 10.0 Å². The first-order valence-electron chi connectivity index (χ1n) is 7.73. The average molecular weight is 421 g/mol. The van der Waals surface area contributed by atoms with Crippen LogP contribution < -0.4 is 10.0 Å². The maximum atomic E-state index is 12.4. The molecule has 0 unspecified atom stereocenters. The van der Waals surface area contributed by atoms with Gasteiger partial charge in [0.15, 0.2) is 5.13 Å². The minimum Gasteiger partial charge on any atom is -0.298 e. The predicted molar refractivity (Wildman–Crippen MR) is 104 cm³/mol. The van der Waals surface area contributed by atoms with E-state index in [-0.39, 0.29) is 17.9 Å². The first-order valence-corrected chi connectivity index (χ1v) is 10.4. The third-order valence-corrected chi connectivity index (χ3v) is 6.17. The van der Waals surface area contributed by atoms with Crippen LogP contribution in [0.15, 0.2) is 47.4 Å². The van der Waals surface area contributed by atoms with Crippen LogP contribution in [0.4, 0.5) is 5.13 Å². The fourth-order valence-electron chi connectivity index (χ4n) is 2.23. The number of thiazole rings is 1. The van der Waals surface area contributed by atoms with Crippen molar-refractivity contribution in [2.24, 2.45) is 0 Å². The number of hydrogen-bond donors (Lipinski definition) is 2. The SMILES string of the molecule is N#CCCNS(=O)(=O)c1ccc(C(=O)Nc2nc3ccc(Cl)cc3s2)cc1. The third kappa shape index (κ3) is 4.61. The van der Waals surface area contributed by atoms with Crippen molar-refractivity contribution < 1.29 is 13.2 Å². The molecular formula is C17H13ClN4O3S2. The van der Waals surface area contributed by atoms with Crippen LogP contribution in [0, 0.1) is 11.3 Å². The Labute approximate surface area is 164 Å². The zero-order chi connectivity index (χ0) is 19.4. The van der Waals surface area contributed by atoms with Crippen molar-refractivity contribution in [1.29, 1.82) is 5.26 Å². The first-order chi connectivity index (χ1) is 12.9. The van der Waals surface area contributed by atoms with E-state index in [0.29, 0.717) is 15.7 Å². The summed E-state index contributed by atoms with van der Waals surface area (Å²) in [5, 5.41) is 12.2. The van der Waals surface area contributed by atoms with Crippen molar-refractivity contribution in [2.75, 3.05) is 11.9 Å². The Morgan fingerprint density at radius 2 is 1.96 bits per heavy atom. The van der Waals surface area contributed by atoms with Crippen LogP contribution in [0.5, 0.6) is 0 Å². The molecule has 2 aromatic carbocycles. The van der Waals surface area contributed by atoms with Crippen LogP contribution in [0.25, 0.3) is 10.2 Å². The number of amides is 1. The van der Waals surface area contributed by atoms with Crippen LogP contribution in [0.1, 0.15) is 16.8 Å². The summed E-state index contributed by atoms with van der Waals surface area (Å²) in [5.74, 6) is -0.401. The van der Waals surface area contributed by atoms with Crippen LogP contribution in [0.3, 0.4) is 0 Å². The molecule has 0 atom stereocenters. The second kappa shape index (κ2) is 8.02. The molecule has 0 radical (unpaired) electrons. The number of aromatic nitrogens is 1. The lowest BCUT2D eigenvalue weighted by molar-refractivity contribution is 0.102. The molecule has 0 bridgehead atoms. The molecule has 3 aromatic rings. The van der Waals surface area contributed by atoms with Gasteiger partial charge in [0, 0.05) is 23.6 Å². The number of nitrogens with zero attached hydrogens (tertiary/aromatic N) is 2. The highest BCUT2D eigenvalue weighted by atomic mass is 35.5. The Balaban J connectivity index is 1.72. The van der Waals surface area contributed by atoms with E-state index in [1.54, 1.807) is 18.2 Å². The zero-order valence-electron chi connectivity index (χ0n) is 13.8. The van der Waals surface area contributed by atoms with Gasteiger partial charge in [-0.2, -0.15) is 5.26 Å². The van der Waals surface area contributed by atoms with Crippen LogP contribution in [-0.4, -0.2) is 25.9 Å². The van der Waals surface area contributed by atoms with E-state index in [1.807, 2.05) is 6.07 Å². The van der Waals surface area contributed by atoms with Crippen molar-refractivity contribution in [1.82, 2.24) is 9.71 Å². The summed E-state index contributed by atoms with van der Waals surface area (Å²) in [6, 6.07) is 12.6. The molecule has 0 aliphatic heterocycles. The number of carbonyl (C=O) groups excluding carboxylic acids is 1. The van der Waals surface area contributed by atoms with Crippen LogP contribution in [-0.2, 0) is 10.0 Å². The normalized spacial score (nSPS) is 11.3. The third-order valence-electron chi connectivity index (χ3n) is 3.53. The van der Waals surface area contributed by atoms with Gasteiger partial charge in [-0.15, -0.1) is 0 Å². The number of fused-ring (bicyclic) bond motifs is 1. The molecule has 0 spiro atoms. The predicted octanol–water partition coefficient (Wildman–Crippen LogP) is 3.39. The number of hydrogen-bond acceptors (Lipinski definition) is 6. The average Bonchev–Trinajstić information content (AvgIpc) is 3.03. The van der Waals surface area contributed by atoms with Crippen LogP contribution >= 0.6 is 22.9 Å². The van der Waals surface area contributed by atoms with E-state index < -0.39 is 15.9 Å². The molecule has 1 aromatic heterocycles. The van der Waals surface area contributed by atoms with Gasteiger partial charge in [-0.25, -0.2) is 18.1 Å². The molecule has 138 valence electrons. The molecule has 0 fully saturated rings. The summed E-state index contributed by atoms with van der Waals surface area (Å²) < 4.78 is 27.3. The molecule has 1 amide bonds. The highest BCUT2D eigenvalue weighted by molar-refractivity contribution is 7.89. The summed E-state index contributed by atoms with van der Waals surface area (Å²) in [5.41, 5.74) is 1.02. The molecule has 1 heterocycles. The summed E-state index contributed by atoms with van der Waals surface area (Å²) in [6.07, 6.45) is 0.0765. The number of nitrogens with one attached hydrogen (secondary N) is 2. The number of nitriles is 1. The van der Waals surface area contributed by atoms with Gasteiger partial charge >= 0.3 is 0 Å². The fourth-order valence-corrected chi connectivity index (χ4v) is 4.40. The van der Waals surface area contributed by atoms with E-state index in [1.165, 1.54) is 35.6 Å². The van der Waals surface area contributed by atoms with E-state index >= 15 is 0 Å². The highest BCUT2D eigenvalue weighted by Crippen LogP contribution is 2.28. The Kier molecular flexibility index (Phi) is 5.72. The second-order valence-electron chi connectivity index (χ2n) is 5.42. The summed E-state index contributed by atoms with van der Waals surface area (Å²) >= 11 is 7.24. The maximum Gasteiger partial charge on any atom is 0.257 e. The van der Waals surface area contributed by atoms with Gasteiger partial charge < -0.3 is 0 Å². The smallest absolute Gasteiger partial charge is 0.257 e. The van der Waals surface area contributed by atoms with E-state index in [9.17, 15) is 13.2 Å². The number of benzene rings is 2. The fraction of sp³-hybridized carbons (Fsp3) is 0.118. The van der Waals surface area contributed by atoms with Gasteiger partial charge in [0.05, 0.1) is 21.2 Å². The number of halogens is 1. The van der Waals surface area contributed by atoms with Crippen molar-refractivity contribution in [3.8, 4) is 6.07 Å². The van der Waals surface area contributed by atoms with Crippen molar-refractivity contribution in [3.05, 3.63) is 53.1 Å².